The van der Waals surface area contributed by atoms with Crippen LogP contribution in [-0.4, -0.2) is 24.5 Å². The monoisotopic (exact) mass is 294 g/mol. The average molecular weight is 294 g/mol. The third-order valence-corrected chi connectivity index (χ3v) is 4.76. The topological polar surface area (TPSA) is 55.1 Å². The average Bonchev–Trinajstić information content (AvgIpc) is 2.71. The lowest BCUT2D eigenvalue weighted by molar-refractivity contribution is 0.0958. The molecule has 0 aliphatic heterocycles. The van der Waals surface area contributed by atoms with Gasteiger partial charge in [-0.1, -0.05) is 12.1 Å². The Kier molecular flexibility index (Phi) is 4.71. The van der Waals surface area contributed by atoms with E-state index in [1.807, 2.05) is 19.1 Å². The molecule has 0 atom stereocenters. The molecule has 0 fully saturated rings. The highest BCUT2D eigenvalue weighted by atomic mass is 32.2. The van der Waals surface area contributed by atoms with E-state index in [0.717, 1.165) is 22.3 Å². The van der Waals surface area contributed by atoms with Crippen molar-refractivity contribution in [2.75, 3.05) is 24.3 Å². The second kappa shape index (κ2) is 6.30. The summed E-state index contributed by atoms with van der Waals surface area (Å²) >= 11 is 3.25. The van der Waals surface area contributed by atoms with Gasteiger partial charge in [0.05, 0.1) is 5.69 Å². The first-order valence-corrected chi connectivity index (χ1v) is 8.40. The van der Waals surface area contributed by atoms with E-state index in [4.69, 9.17) is 5.73 Å². The fourth-order valence-electron chi connectivity index (χ4n) is 1.89. The minimum Gasteiger partial charge on any atom is -0.397 e. The van der Waals surface area contributed by atoms with Crippen molar-refractivity contribution in [3.63, 3.8) is 0 Å². The summed E-state index contributed by atoms with van der Waals surface area (Å²) in [7, 11) is 0. The third kappa shape index (κ3) is 3.22. The SMILES string of the molecule is CSCCCNC(=O)c1sc2cc(C)ccc2c1N. The number of hydrogen-bond acceptors (Lipinski definition) is 4. The summed E-state index contributed by atoms with van der Waals surface area (Å²) < 4.78 is 1.08. The van der Waals surface area contributed by atoms with Crippen LogP contribution in [0.2, 0.25) is 0 Å². The van der Waals surface area contributed by atoms with Crippen molar-refractivity contribution in [2.45, 2.75) is 13.3 Å². The van der Waals surface area contributed by atoms with E-state index in [1.54, 1.807) is 11.8 Å². The van der Waals surface area contributed by atoms with Crippen LogP contribution in [0.4, 0.5) is 5.69 Å². The van der Waals surface area contributed by atoms with Crippen LogP contribution in [0.5, 0.6) is 0 Å². The van der Waals surface area contributed by atoms with Crippen LogP contribution in [0.3, 0.4) is 0 Å². The van der Waals surface area contributed by atoms with Gasteiger partial charge in [-0.25, -0.2) is 0 Å². The molecule has 3 nitrogen and oxygen atoms in total. The Morgan fingerprint density at radius 1 is 1.47 bits per heavy atom. The quantitative estimate of drug-likeness (QED) is 0.832. The summed E-state index contributed by atoms with van der Waals surface area (Å²) in [6.07, 6.45) is 3.05. The number of amides is 1. The van der Waals surface area contributed by atoms with E-state index >= 15 is 0 Å². The van der Waals surface area contributed by atoms with Gasteiger partial charge in [0.25, 0.3) is 5.91 Å². The number of carbonyl (C=O) groups excluding carboxylic acids is 1. The normalized spacial score (nSPS) is 10.8. The van der Waals surface area contributed by atoms with Gasteiger partial charge in [-0.05, 0) is 37.0 Å². The molecule has 0 aliphatic rings. The highest BCUT2D eigenvalue weighted by Crippen LogP contribution is 2.34. The van der Waals surface area contributed by atoms with Crippen molar-refractivity contribution in [1.29, 1.82) is 0 Å². The van der Waals surface area contributed by atoms with Crippen LogP contribution in [0.25, 0.3) is 10.1 Å². The Labute approximate surface area is 121 Å². The number of thioether (sulfide) groups is 1. The van der Waals surface area contributed by atoms with Crippen molar-refractivity contribution in [1.82, 2.24) is 5.32 Å². The molecule has 1 aromatic carbocycles. The van der Waals surface area contributed by atoms with Crippen molar-refractivity contribution < 1.29 is 4.79 Å². The number of nitrogen functional groups attached to an aromatic ring is 1. The van der Waals surface area contributed by atoms with Gasteiger partial charge in [-0.15, -0.1) is 11.3 Å². The molecule has 1 aromatic heterocycles. The van der Waals surface area contributed by atoms with E-state index in [2.05, 4.69) is 17.6 Å². The number of rotatable bonds is 5. The van der Waals surface area contributed by atoms with E-state index in [-0.39, 0.29) is 5.91 Å². The van der Waals surface area contributed by atoms with Gasteiger partial charge >= 0.3 is 0 Å². The molecule has 0 saturated heterocycles. The molecule has 0 radical (unpaired) electrons. The van der Waals surface area contributed by atoms with Crippen LogP contribution < -0.4 is 11.1 Å². The maximum atomic E-state index is 12.1. The first-order chi connectivity index (χ1) is 9.13. The largest absolute Gasteiger partial charge is 0.397 e. The highest BCUT2D eigenvalue weighted by molar-refractivity contribution is 7.98. The number of nitrogens with two attached hydrogens (primary N) is 1. The Morgan fingerprint density at radius 2 is 2.26 bits per heavy atom. The van der Waals surface area contributed by atoms with E-state index in [9.17, 15) is 4.79 Å². The molecule has 5 heteroatoms. The lowest BCUT2D eigenvalue weighted by Crippen LogP contribution is -2.24. The minimum absolute atomic E-state index is 0.0579. The summed E-state index contributed by atoms with van der Waals surface area (Å²) in [5.74, 6) is 0.999. The molecule has 1 heterocycles. The predicted octanol–water partition coefficient (Wildman–Crippen LogP) is 3.27. The summed E-state index contributed by atoms with van der Waals surface area (Å²) in [5, 5.41) is 3.91. The predicted molar refractivity (Wildman–Crippen MR) is 86.3 cm³/mol. The standard InChI is InChI=1S/C14H18N2OS2/c1-9-4-5-10-11(8-9)19-13(12(10)15)14(17)16-6-3-7-18-2/h4-5,8H,3,6-7,15H2,1-2H3,(H,16,17). The van der Waals surface area contributed by atoms with Gasteiger partial charge < -0.3 is 11.1 Å². The molecule has 2 aromatic rings. The van der Waals surface area contributed by atoms with Gasteiger partial charge in [0.1, 0.15) is 4.88 Å². The molecule has 0 unspecified atom stereocenters. The van der Waals surface area contributed by atoms with Crippen LogP contribution in [0.1, 0.15) is 21.7 Å². The van der Waals surface area contributed by atoms with E-state index in [0.29, 0.717) is 17.1 Å². The molecular formula is C14H18N2OS2. The number of fused-ring (bicyclic) bond motifs is 1. The lowest BCUT2D eigenvalue weighted by atomic mass is 10.1. The lowest BCUT2D eigenvalue weighted by Gasteiger charge is -2.03. The highest BCUT2D eigenvalue weighted by Gasteiger charge is 2.15. The molecule has 19 heavy (non-hydrogen) atoms. The second-order valence-corrected chi connectivity index (χ2v) is 6.48. The maximum Gasteiger partial charge on any atom is 0.263 e. The fraction of sp³-hybridized carbons (Fsp3) is 0.357. The number of anilines is 1. The molecule has 1 amide bonds. The van der Waals surface area contributed by atoms with Crippen molar-refractivity contribution in [2.24, 2.45) is 0 Å². The van der Waals surface area contributed by atoms with E-state index < -0.39 is 0 Å². The molecule has 2 rings (SSSR count). The number of carbonyl (C=O) groups is 1. The maximum absolute atomic E-state index is 12.1. The van der Waals surface area contributed by atoms with Crippen LogP contribution in [0, 0.1) is 6.92 Å². The zero-order valence-electron chi connectivity index (χ0n) is 11.2. The Morgan fingerprint density at radius 3 is 3.00 bits per heavy atom. The minimum atomic E-state index is -0.0579. The fourth-order valence-corrected chi connectivity index (χ4v) is 3.46. The first kappa shape index (κ1) is 14.2. The molecule has 0 aliphatic carbocycles. The second-order valence-electron chi connectivity index (χ2n) is 4.45. The van der Waals surface area contributed by atoms with Gasteiger partial charge in [-0.2, -0.15) is 11.8 Å². The number of aryl methyl sites for hydroxylation is 1. The van der Waals surface area contributed by atoms with Crippen LogP contribution in [-0.2, 0) is 0 Å². The van der Waals surface area contributed by atoms with E-state index in [1.165, 1.54) is 16.9 Å². The van der Waals surface area contributed by atoms with Crippen LogP contribution >= 0.6 is 23.1 Å². The Hall–Kier alpha value is -1.20. The zero-order chi connectivity index (χ0) is 13.8. The number of benzene rings is 1. The first-order valence-electron chi connectivity index (χ1n) is 6.19. The number of thiophene rings is 1. The molecule has 3 N–H and O–H groups in total. The van der Waals surface area contributed by atoms with Gasteiger partial charge in [0.15, 0.2) is 0 Å². The molecule has 0 spiro atoms. The molecule has 0 saturated carbocycles. The van der Waals surface area contributed by atoms with Gasteiger partial charge in [0.2, 0.25) is 0 Å². The molecule has 102 valence electrons. The summed E-state index contributed by atoms with van der Waals surface area (Å²) in [6.45, 7) is 2.74. The number of hydrogen-bond donors (Lipinski definition) is 2. The van der Waals surface area contributed by atoms with Gasteiger partial charge in [-0.3, -0.25) is 4.79 Å². The third-order valence-electron chi connectivity index (χ3n) is 2.90. The smallest absolute Gasteiger partial charge is 0.263 e. The summed E-state index contributed by atoms with van der Waals surface area (Å²) in [5.41, 5.74) is 7.85. The van der Waals surface area contributed by atoms with Crippen molar-refractivity contribution in [3.8, 4) is 0 Å². The molecular weight excluding hydrogens is 276 g/mol. The summed E-state index contributed by atoms with van der Waals surface area (Å²) in [4.78, 5) is 12.7. The Balaban J connectivity index is 2.15. The van der Waals surface area contributed by atoms with Crippen molar-refractivity contribution >= 4 is 44.8 Å². The number of nitrogens with one attached hydrogen (secondary N) is 1. The van der Waals surface area contributed by atoms with Crippen molar-refractivity contribution in [3.05, 3.63) is 28.6 Å². The van der Waals surface area contributed by atoms with Crippen LogP contribution in [0.15, 0.2) is 18.2 Å². The Bertz CT molecular complexity index is 592. The molecule has 0 bridgehead atoms. The zero-order valence-corrected chi connectivity index (χ0v) is 12.8. The summed E-state index contributed by atoms with van der Waals surface area (Å²) in [6, 6.07) is 6.08. The van der Waals surface area contributed by atoms with Gasteiger partial charge in [0, 0.05) is 16.6 Å².